The van der Waals surface area contributed by atoms with Gasteiger partial charge in [0.25, 0.3) is 7.82 Å². The summed E-state index contributed by atoms with van der Waals surface area (Å²) < 4.78 is 36.1. The van der Waals surface area contributed by atoms with Crippen LogP contribution in [-0.4, -0.2) is 49.5 Å². The van der Waals surface area contributed by atoms with Crippen LogP contribution in [0.4, 0.5) is 5.82 Å². The summed E-state index contributed by atoms with van der Waals surface area (Å²) in [6.07, 6.45) is -1.20. The van der Waals surface area contributed by atoms with Gasteiger partial charge >= 0.3 is 88.7 Å². The van der Waals surface area contributed by atoms with Crippen LogP contribution in [-0.2, 0) is 22.7 Å². The van der Waals surface area contributed by atoms with Crippen molar-refractivity contribution in [3.63, 3.8) is 0 Å². The molecule has 15 nitrogen and oxygen atoms in total. The van der Waals surface area contributed by atoms with E-state index in [1.54, 1.807) is 0 Å². The fraction of sp³-hybridized carbons (Fsp3) is 0.500. The van der Waals surface area contributed by atoms with E-state index >= 15 is 0 Å². The van der Waals surface area contributed by atoms with Crippen molar-refractivity contribution in [2.75, 3.05) is 12.3 Å². The fourth-order valence-corrected chi connectivity index (χ4v) is 4.01. The molecule has 1 aliphatic rings. The van der Waals surface area contributed by atoms with Crippen LogP contribution in [0.2, 0.25) is 0 Å². The molecule has 1 aliphatic heterocycles. The van der Waals surface area contributed by atoms with Crippen LogP contribution in [0.3, 0.4) is 0 Å². The molecule has 20 heteroatoms. The standard InChI is InChI=1S/C10H16N6O9P2.3Na/c11-5-4(1-23-27(21,22)25-26(18,19)20)24-10(7(5)17)16-3-15-6-8(12)13-2-14-9(6)16;;;/h2-5,7,10,17H,1,11H2,(H,21,22)(H2,12,13,14)(H2,18,19,20);;;/q;3*+1/p-3/t4-,5-,7-,10-;;;/m1.../s1. The van der Waals surface area contributed by atoms with Crippen LogP contribution in [0.15, 0.2) is 12.7 Å². The largest absolute Gasteiger partial charge is 1.00 e. The Hall–Kier alpha value is 1.49. The first-order valence-electron chi connectivity index (χ1n) is 7.19. The third kappa shape index (κ3) is 7.50. The van der Waals surface area contributed by atoms with Crippen LogP contribution >= 0.6 is 15.6 Å². The summed E-state index contributed by atoms with van der Waals surface area (Å²) in [5.74, 6) is 0.0968. The minimum Gasteiger partial charge on any atom is -0.790 e. The van der Waals surface area contributed by atoms with E-state index in [1.165, 1.54) is 17.2 Å². The fourth-order valence-electron chi connectivity index (χ4n) is 2.51. The third-order valence-corrected chi connectivity index (χ3v) is 5.75. The van der Waals surface area contributed by atoms with Gasteiger partial charge in [-0.25, -0.2) is 15.0 Å². The molecule has 5 atom stereocenters. The Balaban J connectivity index is 0.00000280. The van der Waals surface area contributed by atoms with Crippen molar-refractivity contribution in [2.45, 2.75) is 24.5 Å². The Bertz CT molecular complexity index is 947. The first kappa shape index (κ1) is 31.5. The van der Waals surface area contributed by atoms with Gasteiger partial charge < -0.3 is 45.1 Å². The molecule has 150 valence electrons. The molecule has 0 amide bonds. The Labute approximate surface area is 236 Å². The molecule has 30 heavy (non-hydrogen) atoms. The number of hydrogen-bond acceptors (Lipinski definition) is 14. The molecular weight excluding hydrogens is 479 g/mol. The second-order valence-corrected chi connectivity index (χ2v) is 8.19. The second-order valence-electron chi connectivity index (χ2n) is 5.49. The summed E-state index contributed by atoms with van der Waals surface area (Å²) in [7, 11) is -11.3. The second kappa shape index (κ2) is 12.3. The average molecular weight is 492 g/mol. The summed E-state index contributed by atoms with van der Waals surface area (Å²) in [6.45, 7) is -0.806. The van der Waals surface area contributed by atoms with Crippen molar-refractivity contribution < 1.29 is 131 Å². The van der Waals surface area contributed by atoms with E-state index in [1.807, 2.05) is 0 Å². The number of nitrogens with two attached hydrogens (primary N) is 2. The quantitative estimate of drug-likeness (QED) is 0.250. The smallest absolute Gasteiger partial charge is 0.790 e. The van der Waals surface area contributed by atoms with E-state index in [0.717, 1.165) is 0 Å². The predicted octanol–water partition coefficient (Wildman–Crippen LogP) is -12.7. The van der Waals surface area contributed by atoms with Gasteiger partial charge in [-0.15, -0.1) is 0 Å². The Morgan fingerprint density at radius 1 is 1.20 bits per heavy atom. The van der Waals surface area contributed by atoms with Crippen molar-refractivity contribution >= 4 is 32.6 Å². The molecule has 0 spiro atoms. The number of nitrogen functional groups attached to an aromatic ring is 1. The van der Waals surface area contributed by atoms with E-state index in [0.29, 0.717) is 0 Å². The number of phosphoric ester groups is 1. The third-order valence-electron chi connectivity index (χ3n) is 3.69. The molecule has 5 N–H and O–H groups in total. The number of aliphatic hydroxyl groups excluding tert-OH is 1. The zero-order chi connectivity index (χ0) is 20.0. The Kier molecular flexibility index (Phi) is 12.9. The zero-order valence-corrected chi connectivity index (χ0v) is 24.0. The van der Waals surface area contributed by atoms with E-state index in [2.05, 4.69) is 23.8 Å². The maximum Gasteiger partial charge on any atom is 1.00 e. The minimum atomic E-state index is -5.82. The van der Waals surface area contributed by atoms with Gasteiger partial charge in [-0.3, -0.25) is 13.4 Å². The number of fused-ring (bicyclic) bond motifs is 1. The van der Waals surface area contributed by atoms with Crippen molar-refractivity contribution in [1.29, 1.82) is 0 Å². The molecule has 1 saturated heterocycles. The van der Waals surface area contributed by atoms with Gasteiger partial charge in [0.05, 0.1) is 26.8 Å². The maximum absolute atomic E-state index is 11.3. The van der Waals surface area contributed by atoms with E-state index in [-0.39, 0.29) is 106 Å². The molecule has 0 aromatic carbocycles. The van der Waals surface area contributed by atoms with Gasteiger partial charge in [0.2, 0.25) is 0 Å². The van der Waals surface area contributed by atoms with Crippen LogP contribution in [0.1, 0.15) is 6.23 Å². The Morgan fingerprint density at radius 2 is 1.83 bits per heavy atom. The first-order chi connectivity index (χ1) is 12.5. The molecule has 1 unspecified atom stereocenters. The van der Waals surface area contributed by atoms with Gasteiger partial charge in [-0.1, -0.05) is 0 Å². The first-order valence-corrected chi connectivity index (χ1v) is 10.1. The summed E-state index contributed by atoms with van der Waals surface area (Å²) in [5, 5.41) is 10.3. The van der Waals surface area contributed by atoms with Crippen molar-refractivity contribution in [2.24, 2.45) is 5.73 Å². The SMILES string of the molecule is Nc1ncnc2c1ncn2[C@@H]1O[C@H](COP(=O)([O-])OP(=O)([O-])[O-])[C@@H](N)[C@H]1O.[Na+].[Na+].[Na+]. The van der Waals surface area contributed by atoms with Crippen LogP contribution in [0.25, 0.3) is 11.2 Å². The molecule has 3 heterocycles. The molecule has 2 aromatic heterocycles. The van der Waals surface area contributed by atoms with Gasteiger partial charge in [-0.05, 0) is 0 Å². The van der Waals surface area contributed by atoms with Crippen molar-refractivity contribution in [3.05, 3.63) is 12.7 Å². The van der Waals surface area contributed by atoms with Gasteiger partial charge in [-0.2, -0.15) is 0 Å². The summed E-state index contributed by atoms with van der Waals surface area (Å²) in [6, 6.07) is -1.13. The van der Waals surface area contributed by atoms with Crippen molar-refractivity contribution in [1.82, 2.24) is 19.5 Å². The van der Waals surface area contributed by atoms with E-state index < -0.39 is 46.7 Å². The molecule has 1 fully saturated rings. The monoisotopic (exact) mass is 492 g/mol. The average Bonchev–Trinajstić information content (AvgIpc) is 3.07. The van der Waals surface area contributed by atoms with Gasteiger partial charge in [0, 0.05) is 0 Å². The molecular formula is C10H13N6Na3O9P2. The number of aliphatic hydroxyl groups is 1. The van der Waals surface area contributed by atoms with E-state index in [4.69, 9.17) is 16.2 Å². The molecule has 0 radical (unpaired) electrons. The number of anilines is 1. The number of hydrogen-bond donors (Lipinski definition) is 3. The number of rotatable bonds is 6. The number of nitrogens with zero attached hydrogens (tertiary/aromatic N) is 4. The maximum atomic E-state index is 11.3. The molecule has 0 aliphatic carbocycles. The molecule has 0 saturated carbocycles. The van der Waals surface area contributed by atoms with Crippen LogP contribution in [0, 0.1) is 0 Å². The zero-order valence-electron chi connectivity index (χ0n) is 16.2. The normalized spacial score (nSPS) is 25.6. The summed E-state index contributed by atoms with van der Waals surface area (Å²) in [4.78, 5) is 43.9. The minimum absolute atomic E-state index is 0. The molecule has 2 aromatic rings. The predicted molar refractivity (Wildman–Crippen MR) is 79.9 cm³/mol. The summed E-state index contributed by atoms with van der Waals surface area (Å²) >= 11 is 0. The number of phosphoric acid groups is 2. The Morgan fingerprint density at radius 3 is 2.43 bits per heavy atom. The molecule has 3 rings (SSSR count). The molecule has 0 bridgehead atoms. The van der Waals surface area contributed by atoms with Gasteiger partial charge in [0.15, 0.2) is 17.7 Å². The number of imidazole rings is 1. The van der Waals surface area contributed by atoms with Crippen LogP contribution < -0.4 is 115 Å². The van der Waals surface area contributed by atoms with Crippen molar-refractivity contribution in [3.8, 4) is 0 Å². The summed E-state index contributed by atoms with van der Waals surface area (Å²) in [5.41, 5.74) is 12.0. The van der Waals surface area contributed by atoms with Crippen LogP contribution in [0.5, 0.6) is 0 Å². The van der Waals surface area contributed by atoms with E-state index in [9.17, 15) is 28.9 Å². The topological polar surface area (TPSA) is 247 Å². The number of ether oxygens (including phenoxy) is 1. The van der Waals surface area contributed by atoms with Gasteiger partial charge in [0.1, 0.15) is 24.1 Å². The number of aromatic nitrogens is 4.